The van der Waals surface area contributed by atoms with E-state index in [0.29, 0.717) is 0 Å². The summed E-state index contributed by atoms with van der Waals surface area (Å²) < 4.78 is 4.15. The summed E-state index contributed by atoms with van der Waals surface area (Å²) in [5.74, 6) is -7.07. The molecule has 0 aliphatic rings. The van der Waals surface area contributed by atoms with Crippen molar-refractivity contribution in [1.82, 2.24) is 0 Å². The van der Waals surface area contributed by atoms with Gasteiger partial charge in [-0.15, -0.1) is 0 Å². The minimum absolute atomic E-state index is 0.871. The van der Waals surface area contributed by atoms with Crippen LogP contribution in [0.2, 0.25) is 0 Å². The number of ether oxygens (including phenoxy) is 1. The van der Waals surface area contributed by atoms with Crippen LogP contribution in [0.25, 0.3) is 0 Å². The lowest BCUT2D eigenvalue weighted by molar-refractivity contribution is -0.150. The molecule has 0 aliphatic heterocycles. The molecule has 1 aromatic carbocycles. The Bertz CT molecular complexity index is 438. The highest BCUT2D eigenvalue weighted by Crippen LogP contribution is 2.52. The summed E-state index contributed by atoms with van der Waals surface area (Å²) in [7, 11) is 0.944. The molecule has 0 saturated heterocycles. The van der Waals surface area contributed by atoms with E-state index in [1.165, 1.54) is 0 Å². The number of rotatable bonds is 2. The van der Waals surface area contributed by atoms with Gasteiger partial charge in [-0.25, -0.2) is 4.79 Å². The minimum atomic E-state index is -2.13. The average molecular weight is 246 g/mol. The molecule has 0 amide bonds. The summed E-state index contributed by atoms with van der Waals surface area (Å²) in [4.78, 5) is 11.0. The van der Waals surface area contributed by atoms with E-state index in [1.807, 2.05) is 0 Å². The summed E-state index contributed by atoms with van der Waals surface area (Å²) in [6.07, 6.45) is -2.13. The van der Waals surface area contributed by atoms with Crippen molar-refractivity contribution >= 4 is 5.97 Å². The van der Waals surface area contributed by atoms with E-state index in [1.54, 1.807) is 0 Å². The molecule has 1 aromatic rings. The monoisotopic (exact) mass is 246 g/mol. The maximum absolute atomic E-state index is 11.0. The normalized spacial score (nSPS) is 12.1. The molecule has 1 rings (SSSR count). The second-order valence-corrected chi connectivity index (χ2v) is 3.08. The molecule has 0 saturated carbocycles. The Morgan fingerprint density at radius 2 is 1.29 bits per heavy atom. The minimum Gasteiger partial charge on any atom is -0.504 e. The lowest BCUT2D eigenvalue weighted by Crippen LogP contribution is -2.13. The average Bonchev–Trinajstić information content (AvgIpc) is 2.32. The number of aromatic hydroxyl groups is 5. The Balaban J connectivity index is 3.49. The summed E-state index contributed by atoms with van der Waals surface area (Å²) in [6.45, 7) is 0. The van der Waals surface area contributed by atoms with Gasteiger partial charge in [0.2, 0.25) is 17.2 Å². The molecule has 8 heteroatoms. The highest BCUT2D eigenvalue weighted by atomic mass is 16.5. The maximum Gasteiger partial charge on any atom is 0.339 e. The van der Waals surface area contributed by atoms with E-state index in [-0.39, 0.29) is 0 Å². The first-order chi connectivity index (χ1) is 7.82. The first-order valence-electron chi connectivity index (χ1n) is 4.27. The number of carbonyl (C=O) groups is 1. The van der Waals surface area contributed by atoms with E-state index in [4.69, 9.17) is 15.3 Å². The van der Waals surface area contributed by atoms with Crippen LogP contribution in [0.15, 0.2) is 0 Å². The van der Waals surface area contributed by atoms with Crippen LogP contribution in [0.3, 0.4) is 0 Å². The lowest BCUT2D eigenvalue weighted by atomic mass is 10.0. The molecule has 0 aromatic heterocycles. The van der Waals surface area contributed by atoms with Crippen LogP contribution < -0.4 is 0 Å². The van der Waals surface area contributed by atoms with Crippen molar-refractivity contribution in [3.63, 3.8) is 0 Å². The molecular formula is C9H10O8. The summed E-state index contributed by atoms with van der Waals surface area (Å²) in [6, 6.07) is 0. The van der Waals surface area contributed by atoms with Gasteiger partial charge in [0, 0.05) is 0 Å². The van der Waals surface area contributed by atoms with Gasteiger partial charge in [0.15, 0.2) is 17.6 Å². The van der Waals surface area contributed by atoms with Gasteiger partial charge in [0.1, 0.15) is 0 Å². The highest BCUT2D eigenvalue weighted by Gasteiger charge is 2.31. The number of phenolic OH excluding ortho intramolecular Hbond substituents is 5. The first kappa shape index (κ1) is 12.7. The Labute approximate surface area is 94.6 Å². The number of hydrogen-bond acceptors (Lipinski definition) is 8. The fourth-order valence-electron chi connectivity index (χ4n) is 1.19. The van der Waals surface area contributed by atoms with Crippen LogP contribution >= 0.6 is 0 Å². The van der Waals surface area contributed by atoms with Crippen molar-refractivity contribution in [2.75, 3.05) is 7.11 Å². The van der Waals surface area contributed by atoms with Crippen LogP contribution in [0.1, 0.15) is 11.7 Å². The fourth-order valence-corrected chi connectivity index (χ4v) is 1.19. The summed E-state index contributed by atoms with van der Waals surface area (Å²) in [5, 5.41) is 55.5. The molecule has 0 aliphatic carbocycles. The Morgan fingerprint density at radius 1 is 0.941 bits per heavy atom. The van der Waals surface area contributed by atoms with Gasteiger partial charge < -0.3 is 35.4 Å². The predicted molar refractivity (Wildman–Crippen MR) is 51.7 cm³/mol. The number of esters is 1. The third-order valence-electron chi connectivity index (χ3n) is 2.11. The number of phenols is 5. The molecule has 6 N–H and O–H groups in total. The molecule has 8 nitrogen and oxygen atoms in total. The molecule has 1 atom stereocenters. The van der Waals surface area contributed by atoms with Gasteiger partial charge in [-0.05, 0) is 0 Å². The van der Waals surface area contributed by atoms with E-state index < -0.39 is 46.4 Å². The van der Waals surface area contributed by atoms with Crippen molar-refractivity contribution in [3.05, 3.63) is 5.56 Å². The van der Waals surface area contributed by atoms with Crippen LogP contribution in [0, 0.1) is 0 Å². The van der Waals surface area contributed by atoms with Gasteiger partial charge in [0.25, 0.3) is 0 Å². The molecule has 0 fully saturated rings. The van der Waals surface area contributed by atoms with Gasteiger partial charge in [-0.1, -0.05) is 0 Å². The smallest absolute Gasteiger partial charge is 0.339 e. The topological polar surface area (TPSA) is 148 Å². The lowest BCUT2D eigenvalue weighted by Gasteiger charge is -2.15. The summed E-state index contributed by atoms with van der Waals surface area (Å²) >= 11 is 0. The molecule has 0 heterocycles. The number of carbonyl (C=O) groups excluding carboxylic acids is 1. The van der Waals surface area contributed by atoms with E-state index in [9.17, 15) is 20.1 Å². The largest absolute Gasteiger partial charge is 0.504 e. The predicted octanol–water partition coefficient (Wildman–Crippen LogP) is -0.579. The Morgan fingerprint density at radius 3 is 1.65 bits per heavy atom. The number of benzene rings is 1. The zero-order valence-corrected chi connectivity index (χ0v) is 8.58. The second-order valence-electron chi connectivity index (χ2n) is 3.08. The molecule has 17 heavy (non-hydrogen) atoms. The standard InChI is InChI=1S/C9H10O8/c1-17-9(16)5(12)2-3(10)6(13)8(15)7(14)4(2)11/h5,10-15H,1H3. The Kier molecular flexibility index (Phi) is 3.19. The highest BCUT2D eigenvalue weighted by molar-refractivity contribution is 5.81. The SMILES string of the molecule is COC(=O)C(O)c1c(O)c(O)c(O)c(O)c1O. The molecular weight excluding hydrogens is 236 g/mol. The Hall–Kier alpha value is -2.35. The van der Waals surface area contributed by atoms with Crippen LogP contribution in [-0.2, 0) is 9.53 Å². The van der Waals surface area contributed by atoms with Crippen molar-refractivity contribution in [1.29, 1.82) is 0 Å². The third kappa shape index (κ3) is 1.85. The number of aliphatic hydroxyl groups is 1. The summed E-state index contributed by atoms with van der Waals surface area (Å²) in [5.41, 5.74) is -0.871. The van der Waals surface area contributed by atoms with E-state index in [0.717, 1.165) is 7.11 Å². The van der Waals surface area contributed by atoms with Crippen LogP contribution in [0.5, 0.6) is 28.7 Å². The van der Waals surface area contributed by atoms with Gasteiger partial charge in [-0.3, -0.25) is 0 Å². The van der Waals surface area contributed by atoms with Gasteiger partial charge >= 0.3 is 5.97 Å². The van der Waals surface area contributed by atoms with Crippen LogP contribution in [-0.4, -0.2) is 43.7 Å². The molecule has 0 spiro atoms. The number of methoxy groups -OCH3 is 1. The van der Waals surface area contributed by atoms with E-state index in [2.05, 4.69) is 4.74 Å². The first-order valence-corrected chi connectivity index (χ1v) is 4.27. The van der Waals surface area contributed by atoms with E-state index >= 15 is 0 Å². The molecule has 0 radical (unpaired) electrons. The number of hydrogen-bond donors (Lipinski definition) is 6. The molecule has 94 valence electrons. The number of aliphatic hydroxyl groups excluding tert-OH is 1. The van der Waals surface area contributed by atoms with Crippen molar-refractivity contribution in [3.8, 4) is 28.7 Å². The van der Waals surface area contributed by atoms with Crippen molar-refractivity contribution < 1.29 is 40.2 Å². The van der Waals surface area contributed by atoms with Crippen LogP contribution in [0.4, 0.5) is 0 Å². The molecule has 0 bridgehead atoms. The zero-order chi connectivity index (χ0) is 13.3. The van der Waals surface area contributed by atoms with Crippen molar-refractivity contribution in [2.24, 2.45) is 0 Å². The van der Waals surface area contributed by atoms with Gasteiger partial charge in [-0.2, -0.15) is 0 Å². The fraction of sp³-hybridized carbons (Fsp3) is 0.222. The molecule has 1 unspecified atom stereocenters. The maximum atomic E-state index is 11.0. The zero-order valence-electron chi connectivity index (χ0n) is 8.58. The quantitative estimate of drug-likeness (QED) is 0.231. The van der Waals surface area contributed by atoms with Crippen molar-refractivity contribution in [2.45, 2.75) is 6.10 Å². The second kappa shape index (κ2) is 4.26. The third-order valence-corrected chi connectivity index (χ3v) is 2.11. The van der Waals surface area contributed by atoms with Gasteiger partial charge in [0.05, 0.1) is 12.7 Å².